The summed E-state index contributed by atoms with van der Waals surface area (Å²) in [6.07, 6.45) is 12.5. The second kappa shape index (κ2) is 10.7. The molecule has 1 heterocycles. The average Bonchev–Trinajstić information content (AvgIpc) is 3.19. The predicted molar refractivity (Wildman–Crippen MR) is 85.1 cm³/mol. The molecule has 0 amide bonds. The quantitative estimate of drug-likeness (QED) is 0.295. The number of hydrogen-bond donors (Lipinski definition) is 0. The first-order valence-electron chi connectivity index (χ1n) is 6.86. The summed E-state index contributed by atoms with van der Waals surface area (Å²) < 4.78 is 2.14. The summed E-state index contributed by atoms with van der Waals surface area (Å²) in [4.78, 5) is 0. The first-order valence-corrected chi connectivity index (χ1v) is 6.86. The van der Waals surface area contributed by atoms with Crippen molar-refractivity contribution in [1.29, 1.82) is 0 Å². The van der Waals surface area contributed by atoms with Gasteiger partial charge in [-0.15, -0.1) is 18.6 Å². The minimum absolute atomic E-state index is 0. The van der Waals surface area contributed by atoms with Gasteiger partial charge in [-0.25, -0.2) is 11.6 Å². The summed E-state index contributed by atoms with van der Waals surface area (Å²) in [7, 11) is 0. The fourth-order valence-corrected chi connectivity index (χ4v) is 2.37. The molecule has 2 aromatic carbocycles. The van der Waals surface area contributed by atoms with Gasteiger partial charge in [-0.3, -0.25) is 6.08 Å². The van der Waals surface area contributed by atoms with E-state index in [2.05, 4.69) is 78.5 Å². The first kappa shape index (κ1) is 22.0. The van der Waals surface area contributed by atoms with Gasteiger partial charge in [0.15, 0.2) is 0 Å². The van der Waals surface area contributed by atoms with E-state index in [0.717, 1.165) is 6.42 Å². The van der Waals surface area contributed by atoms with Crippen molar-refractivity contribution in [1.82, 2.24) is 4.57 Å². The van der Waals surface area contributed by atoms with E-state index in [1.54, 1.807) is 0 Å². The fourth-order valence-electron chi connectivity index (χ4n) is 2.37. The van der Waals surface area contributed by atoms with Crippen LogP contribution in [0.25, 0.3) is 16.5 Å². The van der Waals surface area contributed by atoms with E-state index < -0.39 is 0 Å². The van der Waals surface area contributed by atoms with Crippen LogP contribution in [-0.2, 0) is 25.8 Å². The third-order valence-electron chi connectivity index (χ3n) is 3.41. The standard InChI is InChI=1S/C13H10N.C6H7.2ClH.Hf/c1-2-6-12-11(5-1)7-8-13(12)14-9-3-4-10-14;1-6-4-2-3-5-6;;;/h1-10H;2,4H,3H2,1H3;2*1H;/q2*-1;;;+4/p-2. The second-order valence-corrected chi connectivity index (χ2v) is 4.86. The number of halogens is 2. The van der Waals surface area contributed by atoms with Gasteiger partial charge in [0.25, 0.3) is 0 Å². The average molecular weight is 509 g/mol. The minimum Gasteiger partial charge on any atom is -1.00 e. The molecule has 0 saturated heterocycles. The molecule has 0 spiro atoms. The maximum Gasteiger partial charge on any atom is 4.00 e. The Bertz CT molecular complexity index is 752. The molecular weight excluding hydrogens is 492 g/mol. The van der Waals surface area contributed by atoms with E-state index in [-0.39, 0.29) is 50.7 Å². The number of allylic oxidation sites excluding steroid dienone is 4. The second-order valence-electron chi connectivity index (χ2n) is 4.86. The van der Waals surface area contributed by atoms with E-state index in [1.165, 1.54) is 22.0 Å². The molecule has 1 aliphatic rings. The molecule has 1 aromatic heterocycles. The molecule has 0 radical (unpaired) electrons. The first-order chi connectivity index (χ1) is 9.84. The molecule has 0 bridgehead atoms. The van der Waals surface area contributed by atoms with Crippen LogP contribution < -0.4 is 24.8 Å². The number of nitrogens with zero attached hydrogens (tertiary/aromatic N) is 1. The van der Waals surface area contributed by atoms with E-state index in [1.807, 2.05) is 12.1 Å². The van der Waals surface area contributed by atoms with E-state index >= 15 is 0 Å². The van der Waals surface area contributed by atoms with Crippen molar-refractivity contribution in [3.8, 4) is 5.69 Å². The molecule has 0 fully saturated rings. The van der Waals surface area contributed by atoms with E-state index in [0.29, 0.717) is 0 Å². The van der Waals surface area contributed by atoms with Crippen LogP contribution in [0.15, 0.2) is 78.6 Å². The predicted octanol–water partition coefficient (Wildman–Crippen LogP) is -0.949. The van der Waals surface area contributed by atoms with Crippen LogP contribution in [0.2, 0.25) is 0 Å². The smallest absolute Gasteiger partial charge is 1.00 e. The molecule has 0 saturated carbocycles. The van der Waals surface area contributed by atoms with Crippen LogP contribution >= 0.6 is 0 Å². The maximum absolute atomic E-state index is 3.12. The third kappa shape index (κ3) is 5.56. The largest absolute Gasteiger partial charge is 4.00 e. The van der Waals surface area contributed by atoms with Gasteiger partial charge in [-0.1, -0.05) is 54.1 Å². The van der Waals surface area contributed by atoms with Crippen LogP contribution in [0.5, 0.6) is 0 Å². The van der Waals surface area contributed by atoms with Crippen LogP contribution in [-0.4, -0.2) is 4.57 Å². The molecule has 1 aliphatic carbocycles. The van der Waals surface area contributed by atoms with Crippen LogP contribution in [0.4, 0.5) is 0 Å². The zero-order valence-corrected chi connectivity index (χ0v) is 17.9. The Labute approximate surface area is 169 Å². The summed E-state index contributed by atoms with van der Waals surface area (Å²) >= 11 is 0. The summed E-state index contributed by atoms with van der Waals surface area (Å²) in [6.45, 7) is 2.06. The van der Waals surface area contributed by atoms with Gasteiger partial charge < -0.3 is 29.4 Å². The molecular formula is C19H17Cl2HfN. The van der Waals surface area contributed by atoms with Gasteiger partial charge in [-0.2, -0.15) is 6.08 Å². The van der Waals surface area contributed by atoms with Crippen molar-refractivity contribution in [2.45, 2.75) is 13.3 Å². The number of hydrogen-bond acceptors (Lipinski definition) is 0. The Kier molecular flexibility index (Phi) is 10.3. The Hall–Kier alpha value is -0.960. The molecule has 0 unspecified atom stereocenters. The molecule has 4 heteroatoms. The third-order valence-corrected chi connectivity index (χ3v) is 3.41. The van der Waals surface area contributed by atoms with Crippen molar-refractivity contribution in [2.24, 2.45) is 0 Å². The van der Waals surface area contributed by atoms with Gasteiger partial charge in [0, 0.05) is 0 Å². The molecule has 23 heavy (non-hydrogen) atoms. The van der Waals surface area contributed by atoms with Gasteiger partial charge in [0.1, 0.15) is 0 Å². The molecule has 0 aliphatic heterocycles. The Morgan fingerprint density at radius 2 is 1.70 bits per heavy atom. The molecule has 3 aromatic rings. The van der Waals surface area contributed by atoms with Gasteiger partial charge in [-0.05, 0) is 18.1 Å². The van der Waals surface area contributed by atoms with Crippen molar-refractivity contribution in [2.75, 3.05) is 0 Å². The van der Waals surface area contributed by atoms with Crippen molar-refractivity contribution in [3.05, 3.63) is 84.7 Å². The number of fused-ring (bicyclic) bond motifs is 1. The van der Waals surface area contributed by atoms with Gasteiger partial charge >= 0.3 is 25.8 Å². The molecule has 4 rings (SSSR count). The van der Waals surface area contributed by atoms with Crippen molar-refractivity contribution < 1.29 is 50.7 Å². The maximum atomic E-state index is 3.12. The molecule has 116 valence electrons. The van der Waals surface area contributed by atoms with Crippen molar-refractivity contribution in [3.63, 3.8) is 0 Å². The normalized spacial score (nSPS) is 11.4. The van der Waals surface area contributed by atoms with E-state index in [4.69, 9.17) is 0 Å². The zero-order chi connectivity index (χ0) is 13.8. The topological polar surface area (TPSA) is 4.93 Å². The number of rotatable bonds is 1. The Morgan fingerprint density at radius 1 is 1.00 bits per heavy atom. The van der Waals surface area contributed by atoms with E-state index in [9.17, 15) is 0 Å². The summed E-state index contributed by atoms with van der Waals surface area (Å²) in [6, 6.07) is 16.9. The minimum atomic E-state index is 0. The molecule has 0 N–H and O–H groups in total. The summed E-state index contributed by atoms with van der Waals surface area (Å²) in [5, 5.41) is 2.61. The number of benzene rings is 1. The number of aromatic nitrogens is 1. The monoisotopic (exact) mass is 509 g/mol. The van der Waals surface area contributed by atoms with Gasteiger partial charge in [0.05, 0.1) is 0 Å². The van der Waals surface area contributed by atoms with Crippen LogP contribution in [0.3, 0.4) is 0 Å². The van der Waals surface area contributed by atoms with Crippen molar-refractivity contribution >= 4 is 10.8 Å². The van der Waals surface area contributed by atoms with Gasteiger partial charge in [0.2, 0.25) is 0 Å². The Morgan fingerprint density at radius 3 is 2.26 bits per heavy atom. The zero-order valence-electron chi connectivity index (χ0n) is 12.8. The molecule has 1 nitrogen and oxygen atoms in total. The SMILES string of the molecule is CC1=[C-]CC=C1.[Cl-].[Cl-].[Hf+4].c1ccc2c(c1)cc[c-]2-n1cccc1. The Balaban J connectivity index is 0.000000469. The summed E-state index contributed by atoms with van der Waals surface area (Å²) in [5.41, 5.74) is 2.53. The van der Waals surface area contributed by atoms with Crippen LogP contribution in [0, 0.1) is 6.08 Å². The summed E-state index contributed by atoms with van der Waals surface area (Å²) in [5.74, 6) is 0. The molecule has 0 atom stereocenters. The fraction of sp³-hybridized carbons (Fsp3) is 0.105. The van der Waals surface area contributed by atoms with Crippen LogP contribution in [0.1, 0.15) is 13.3 Å².